The van der Waals surface area contributed by atoms with Crippen molar-refractivity contribution in [3.8, 4) is 0 Å². The topological polar surface area (TPSA) is 55.9 Å². The van der Waals surface area contributed by atoms with Crippen LogP contribution in [-0.2, 0) is 13.5 Å². The maximum absolute atomic E-state index is 5.87. The third-order valence-corrected chi connectivity index (χ3v) is 4.35. The van der Waals surface area contributed by atoms with Gasteiger partial charge >= 0.3 is 0 Å². The molecule has 4 nitrogen and oxygen atoms in total. The number of nitrogens with zero attached hydrogens (tertiary/aromatic N) is 2. The summed E-state index contributed by atoms with van der Waals surface area (Å²) in [5.74, 6) is 0.918. The normalized spacial score (nSPS) is 17.3. The molecule has 1 atom stereocenters. The average Bonchev–Trinajstić information content (AvgIpc) is 2.73. The van der Waals surface area contributed by atoms with Crippen molar-refractivity contribution in [3.63, 3.8) is 0 Å². The molecule has 0 radical (unpaired) electrons. The van der Waals surface area contributed by atoms with Crippen LogP contribution in [0.25, 0.3) is 0 Å². The lowest BCUT2D eigenvalue weighted by Crippen LogP contribution is -2.21. The van der Waals surface area contributed by atoms with Gasteiger partial charge in [-0.25, -0.2) is 0 Å². The Morgan fingerprint density at radius 3 is 2.95 bits per heavy atom. The summed E-state index contributed by atoms with van der Waals surface area (Å²) in [6.45, 7) is 1.94. The summed E-state index contributed by atoms with van der Waals surface area (Å²) in [6.07, 6.45) is 3.45. The monoisotopic (exact) mass is 300 g/mol. The van der Waals surface area contributed by atoms with Crippen LogP contribution in [0.5, 0.6) is 0 Å². The second-order valence-corrected chi connectivity index (χ2v) is 6.02. The highest BCUT2D eigenvalue weighted by molar-refractivity contribution is 7.80. The number of hydrogen-bond donors (Lipinski definition) is 2. The minimum atomic E-state index is 0.290. The number of hydrogen-bond acceptors (Lipinski definition) is 3. The zero-order chi connectivity index (χ0) is 15.0. The van der Waals surface area contributed by atoms with Crippen LogP contribution < -0.4 is 11.1 Å². The van der Waals surface area contributed by atoms with Crippen LogP contribution in [0.3, 0.4) is 0 Å². The van der Waals surface area contributed by atoms with E-state index in [1.807, 2.05) is 18.7 Å². The smallest absolute Gasteiger partial charge is 0.135 e. The molecule has 0 amide bonds. The lowest BCUT2D eigenvalue weighted by Gasteiger charge is -2.27. The molecule has 5 heteroatoms. The molecule has 0 saturated carbocycles. The number of aryl methyl sites for hydroxylation is 3. The third-order valence-electron chi connectivity index (χ3n) is 4.15. The van der Waals surface area contributed by atoms with E-state index in [9.17, 15) is 0 Å². The molecule has 1 aromatic heterocycles. The van der Waals surface area contributed by atoms with E-state index >= 15 is 0 Å². The Hall–Kier alpha value is -1.88. The Bertz CT molecular complexity index is 690. The molecule has 1 heterocycles. The molecular weight excluding hydrogens is 280 g/mol. The summed E-state index contributed by atoms with van der Waals surface area (Å²) in [5.41, 5.74) is 10.4. The van der Waals surface area contributed by atoms with Gasteiger partial charge in [-0.15, -0.1) is 0 Å². The molecule has 2 aromatic rings. The summed E-state index contributed by atoms with van der Waals surface area (Å²) in [7, 11) is 1.92. The summed E-state index contributed by atoms with van der Waals surface area (Å²) >= 11 is 5.18. The van der Waals surface area contributed by atoms with Gasteiger partial charge in [-0.1, -0.05) is 36.5 Å². The Kier molecular flexibility index (Phi) is 3.68. The largest absolute Gasteiger partial charge is 0.389 e. The molecule has 0 fully saturated rings. The maximum atomic E-state index is 5.87. The number of thiocarbonyl (C=S) groups is 1. The van der Waals surface area contributed by atoms with E-state index in [4.69, 9.17) is 18.0 Å². The maximum Gasteiger partial charge on any atom is 0.135 e. The van der Waals surface area contributed by atoms with Crippen molar-refractivity contribution >= 4 is 23.0 Å². The van der Waals surface area contributed by atoms with Crippen LogP contribution in [0.15, 0.2) is 24.3 Å². The molecule has 1 aliphatic rings. The second kappa shape index (κ2) is 5.48. The fourth-order valence-corrected chi connectivity index (χ4v) is 3.43. The first kappa shape index (κ1) is 14.1. The number of nitrogens with two attached hydrogens (primary N) is 1. The summed E-state index contributed by atoms with van der Waals surface area (Å²) in [6, 6.07) is 8.91. The number of rotatable bonds is 3. The van der Waals surface area contributed by atoms with Crippen LogP contribution in [0, 0.1) is 6.92 Å². The van der Waals surface area contributed by atoms with E-state index in [-0.39, 0.29) is 6.04 Å². The quantitative estimate of drug-likeness (QED) is 0.856. The van der Waals surface area contributed by atoms with E-state index in [1.165, 1.54) is 17.5 Å². The van der Waals surface area contributed by atoms with Gasteiger partial charge in [-0.05, 0) is 37.3 Å². The summed E-state index contributed by atoms with van der Waals surface area (Å²) in [5, 5.41) is 8.05. The van der Waals surface area contributed by atoms with Gasteiger partial charge in [-0.3, -0.25) is 4.68 Å². The van der Waals surface area contributed by atoms with Crippen molar-refractivity contribution in [2.75, 3.05) is 5.32 Å². The van der Waals surface area contributed by atoms with Crippen molar-refractivity contribution < 1.29 is 0 Å². The van der Waals surface area contributed by atoms with Crippen LogP contribution in [-0.4, -0.2) is 14.8 Å². The van der Waals surface area contributed by atoms with Gasteiger partial charge in [0.25, 0.3) is 0 Å². The van der Waals surface area contributed by atoms with Gasteiger partial charge in [0.1, 0.15) is 10.8 Å². The SMILES string of the molecule is Cc1nn(C)c(NC2CCCc3ccccc32)c1C(N)=S. The van der Waals surface area contributed by atoms with Gasteiger partial charge in [0, 0.05) is 7.05 Å². The third kappa shape index (κ3) is 2.53. The molecular formula is C16H20N4S. The molecule has 0 aliphatic heterocycles. The van der Waals surface area contributed by atoms with Crippen molar-refractivity contribution in [1.82, 2.24) is 9.78 Å². The highest BCUT2D eigenvalue weighted by atomic mass is 32.1. The van der Waals surface area contributed by atoms with E-state index in [2.05, 4.69) is 34.7 Å². The van der Waals surface area contributed by atoms with Crippen LogP contribution in [0.1, 0.15) is 41.3 Å². The van der Waals surface area contributed by atoms with Gasteiger partial charge in [0.2, 0.25) is 0 Å². The molecule has 1 aliphatic carbocycles. The molecule has 3 N–H and O–H groups in total. The lowest BCUT2D eigenvalue weighted by atomic mass is 9.87. The molecule has 0 bridgehead atoms. The first-order valence-electron chi connectivity index (χ1n) is 7.25. The second-order valence-electron chi connectivity index (χ2n) is 5.58. The molecule has 0 saturated heterocycles. The first-order valence-corrected chi connectivity index (χ1v) is 7.66. The zero-order valence-corrected chi connectivity index (χ0v) is 13.2. The number of nitrogens with one attached hydrogen (secondary N) is 1. The molecule has 21 heavy (non-hydrogen) atoms. The minimum absolute atomic E-state index is 0.290. The van der Waals surface area contributed by atoms with E-state index in [0.29, 0.717) is 4.99 Å². The number of benzene rings is 1. The fraction of sp³-hybridized carbons (Fsp3) is 0.375. The molecule has 1 aromatic carbocycles. The van der Waals surface area contributed by atoms with E-state index in [1.54, 1.807) is 0 Å². The van der Waals surface area contributed by atoms with Crippen molar-refractivity contribution in [2.45, 2.75) is 32.2 Å². The van der Waals surface area contributed by atoms with Gasteiger partial charge in [0.15, 0.2) is 0 Å². The van der Waals surface area contributed by atoms with Crippen LogP contribution >= 0.6 is 12.2 Å². The van der Waals surface area contributed by atoms with Gasteiger partial charge in [-0.2, -0.15) is 5.10 Å². The Labute approximate surface area is 130 Å². The molecule has 110 valence electrons. The minimum Gasteiger partial charge on any atom is -0.389 e. The van der Waals surface area contributed by atoms with Crippen LogP contribution in [0.2, 0.25) is 0 Å². The highest BCUT2D eigenvalue weighted by Gasteiger charge is 2.23. The van der Waals surface area contributed by atoms with Crippen molar-refractivity contribution in [2.24, 2.45) is 12.8 Å². The average molecular weight is 300 g/mol. The van der Waals surface area contributed by atoms with Crippen molar-refractivity contribution in [1.29, 1.82) is 0 Å². The Morgan fingerprint density at radius 2 is 2.19 bits per heavy atom. The Balaban J connectivity index is 1.97. The highest BCUT2D eigenvalue weighted by Crippen LogP contribution is 2.33. The molecule has 1 unspecified atom stereocenters. The number of aromatic nitrogens is 2. The zero-order valence-electron chi connectivity index (χ0n) is 12.4. The Morgan fingerprint density at radius 1 is 1.43 bits per heavy atom. The summed E-state index contributed by atoms with van der Waals surface area (Å²) < 4.78 is 1.83. The first-order chi connectivity index (χ1) is 10.1. The lowest BCUT2D eigenvalue weighted by molar-refractivity contribution is 0.592. The fourth-order valence-electron chi connectivity index (χ4n) is 3.19. The van der Waals surface area contributed by atoms with E-state index < -0.39 is 0 Å². The number of anilines is 1. The van der Waals surface area contributed by atoms with Crippen molar-refractivity contribution in [3.05, 3.63) is 46.6 Å². The van der Waals surface area contributed by atoms with Crippen LogP contribution in [0.4, 0.5) is 5.82 Å². The van der Waals surface area contributed by atoms with Gasteiger partial charge < -0.3 is 11.1 Å². The number of fused-ring (bicyclic) bond motifs is 1. The van der Waals surface area contributed by atoms with E-state index in [0.717, 1.165) is 29.9 Å². The standard InChI is InChI=1S/C16H20N4S/c1-10-14(15(17)21)16(20(2)19-10)18-13-9-5-7-11-6-3-4-8-12(11)13/h3-4,6,8,13,18H,5,7,9H2,1-2H3,(H2,17,21). The molecule has 3 rings (SSSR count). The predicted molar refractivity (Wildman–Crippen MR) is 89.6 cm³/mol. The molecule has 0 spiro atoms. The van der Waals surface area contributed by atoms with Gasteiger partial charge in [0.05, 0.1) is 17.3 Å². The predicted octanol–water partition coefficient (Wildman–Crippen LogP) is 2.85. The summed E-state index contributed by atoms with van der Waals surface area (Å²) in [4.78, 5) is 0.396.